The maximum absolute atomic E-state index is 13.9. The molecular formula is C28H32N4O4. The highest BCUT2D eigenvalue weighted by Gasteiger charge is 2.41. The zero-order chi connectivity index (χ0) is 24.6. The summed E-state index contributed by atoms with van der Waals surface area (Å²) in [6.07, 6.45) is 4.46. The number of ketones is 2. The lowest BCUT2D eigenvalue weighted by atomic mass is 9.79. The third-order valence-electron chi connectivity index (χ3n) is 9.27. The molecule has 8 nitrogen and oxygen atoms in total. The van der Waals surface area contributed by atoms with Gasteiger partial charge in [0.15, 0.2) is 0 Å². The van der Waals surface area contributed by atoms with Crippen molar-refractivity contribution in [3.63, 3.8) is 0 Å². The number of carbonyl (C=O) groups excluding carboxylic acids is 2. The fraction of sp³-hybridized carbons (Fsp3) is 0.500. The first-order chi connectivity index (χ1) is 17.5. The minimum Gasteiger partial charge on any atom is -0.507 e. The molecule has 6 fully saturated rings. The summed E-state index contributed by atoms with van der Waals surface area (Å²) in [6.45, 7) is 6.21. The molecule has 2 aromatic carbocycles. The monoisotopic (exact) mass is 488 g/mol. The van der Waals surface area contributed by atoms with Crippen LogP contribution in [0.1, 0.15) is 57.5 Å². The molecule has 36 heavy (non-hydrogen) atoms. The summed E-state index contributed by atoms with van der Waals surface area (Å²) in [5, 5.41) is 28.6. The van der Waals surface area contributed by atoms with Crippen molar-refractivity contribution in [2.24, 2.45) is 11.8 Å². The summed E-state index contributed by atoms with van der Waals surface area (Å²) < 4.78 is 0. The summed E-state index contributed by atoms with van der Waals surface area (Å²) in [5.41, 5.74) is 1.50. The number of aromatic hydroxyl groups is 2. The zero-order valence-electron chi connectivity index (χ0n) is 20.3. The zero-order valence-corrected chi connectivity index (χ0v) is 20.3. The molecule has 2 atom stereocenters. The van der Waals surface area contributed by atoms with Gasteiger partial charge in [0, 0.05) is 36.5 Å². The van der Waals surface area contributed by atoms with Crippen molar-refractivity contribution in [2.75, 3.05) is 49.9 Å². The normalized spacial score (nSPS) is 32.2. The van der Waals surface area contributed by atoms with Crippen molar-refractivity contribution in [1.82, 2.24) is 9.80 Å². The van der Waals surface area contributed by atoms with Gasteiger partial charge in [-0.3, -0.25) is 9.59 Å². The van der Waals surface area contributed by atoms with Crippen molar-refractivity contribution in [2.45, 2.75) is 37.8 Å². The Labute approximate surface area is 210 Å². The number of piperidine rings is 6. The van der Waals surface area contributed by atoms with Crippen molar-refractivity contribution in [1.29, 1.82) is 0 Å². The van der Waals surface area contributed by atoms with Gasteiger partial charge in [-0.2, -0.15) is 0 Å². The Morgan fingerprint density at radius 2 is 1.00 bits per heavy atom. The van der Waals surface area contributed by atoms with Crippen LogP contribution in [-0.4, -0.2) is 82.9 Å². The SMILES string of the molecule is O=C1c2c(O)ccc(NC3CN4CCC3CC4)c2C(=O)c2c(O)ccc(NC3CN4CCC3CC4)c21. The predicted molar refractivity (Wildman–Crippen MR) is 136 cm³/mol. The Hall–Kier alpha value is -3.10. The minimum atomic E-state index is -0.422. The molecule has 8 heteroatoms. The van der Waals surface area contributed by atoms with E-state index in [1.807, 2.05) is 0 Å². The van der Waals surface area contributed by atoms with Gasteiger partial charge < -0.3 is 30.6 Å². The van der Waals surface area contributed by atoms with Crippen molar-refractivity contribution < 1.29 is 19.8 Å². The van der Waals surface area contributed by atoms with Gasteiger partial charge in [-0.25, -0.2) is 0 Å². The lowest BCUT2D eigenvalue weighted by Gasteiger charge is -2.45. The van der Waals surface area contributed by atoms with E-state index in [4.69, 9.17) is 0 Å². The van der Waals surface area contributed by atoms with E-state index in [0.29, 0.717) is 23.2 Å². The molecule has 2 unspecified atom stereocenters. The molecule has 188 valence electrons. The highest BCUT2D eigenvalue weighted by molar-refractivity contribution is 6.33. The number of benzene rings is 2. The second kappa shape index (κ2) is 8.21. The third kappa shape index (κ3) is 3.34. The smallest absolute Gasteiger partial charge is 0.200 e. The first kappa shape index (κ1) is 22.1. The average Bonchev–Trinajstić information content (AvgIpc) is 2.90. The molecule has 2 aromatic rings. The molecule has 6 saturated heterocycles. The van der Waals surface area contributed by atoms with Crippen LogP contribution in [0.3, 0.4) is 0 Å². The first-order valence-corrected chi connectivity index (χ1v) is 13.3. The van der Waals surface area contributed by atoms with Gasteiger partial charge in [0.1, 0.15) is 11.5 Å². The highest BCUT2D eigenvalue weighted by Crippen LogP contribution is 2.44. The molecule has 0 aromatic heterocycles. The van der Waals surface area contributed by atoms with E-state index in [0.717, 1.165) is 65.0 Å². The molecule has 9 rings (SSSR count). The van der Waals surface area contributed by atoms with E-state index >= 15 is 0 Å². The fourth-order valence-electron chi connectivity index (χ4n) is 7.26. The summed E-state index contributed by atoms with van der Waals surface area (Å²) in [7, 11) is 0. The van der Waals surface area contributed by atoms with Crippen LogP contribution in [-0.2, 0) is 0 Å². The maximum Gasteiger partial charge on any atom is 0.200 e. The number of phenols is 2. The molecule has 1 aliphatic carbocycles. The van der Waals surface area contributed by atoms with Gasteiger partial charge in [0.2, 0.25) is 11.6 Å². The van der Waals surface area contributed by atoms with Gasteiger partial charge in [-0.1, -0.05) is 0 Å². The second-order valence-corrected chi connectivity index (χ2v) is 11.2. The summed E-state index contributed by atoms with van der Waals surface area (Å²) in [5.74, 6) is -0.210. The van der Waals surface area contributed by atoms with Crippen LogP contribution in [0, 0.1) is 11.8 Å². The van der Waals surface area contributed by atoms with Crippen LogP contribution in [0.15, 0.2) is 24.3 Å². The number of carbonyl (C=O) groups is 2. The first-order valence-electron chi connectivity index (χ1n) is 13.3. The second-order valence-electron chi connectivity index (χ2n) is 11.2. The number of hydrogen-bond donors (Lipinski definition) is 4. The van der Waals surface area contributed by atoms with Gasteiger partial charge in [0.25, 0.3) is 0 Å². The van der Waals surface area contributed by atoms with E-state index < -0.39 is 11.6 Å². The van der Waals surface area contributed by atoms with Crippen LogP contribution in [0.2, 0.25) is 0 Å². The van der Waals surface area contributed by atoms with Gasteiger partial charge in [-0.15, -0.1) is 0 Å². The number of phenolic OH excluding ortho intramolecular Hbond substituents is 2. The van der Waals surface area contributed by atoms with Crippen molar-refractivity contribution in [3.8, 4) is 11.5 Å². The lowest BCUT2D eigenvalue weighted by molar-refractivity contribution is 0.0956. The molecule has 0 spiro atoms. The van der Waals surface area contributed by atoms with E-state index in [-0.39, 0.29) is 45.8 Å². The van der Waals surface area contributed by atoms with Crippen molar-refractivity contribution in [3.05, 3.63) is 46.5 Å². The van der Waals surface area contributed by atoms with Gasteiger partial charge in [0.05, 0.1) is 22.3 Å². The number of rotatable bonds is 4. The predicted octanol–water partition coefficient (Wildman–Crippen LogP) is 2.89. The fourth-order valence-corrected chi connectivity index (χ4v) is 7.26. The third-order valence-corrected chi connectivity index (χ3v) is 9.27. The standard InChI is InChI=1S/C28H32N4O4/c33-21-3-1-17(29-19-13-31-9-5-15(19)6-10-31)23-25(21)28(36)24-18(2-4-22(34)26(24)27(23)35)30-20-14-32-11-7-16(20)8-12-32/h1-4,15-16,19-20,29-30,33-34H,5-14H2. The highest BCUT2D eigenvalue weighted by atomic mass is 16.3. The van der Waals surface area contributed by atoms with E-state index in [9.17, 15) is 19.8 Å². The van der Waals surface area contributed by atoms with E-state index in [2.05, 4.69) is 20.4 Å². The lowest BCUT2D eigenvalue weighted by Crippen LogP contribution is -2.53. The molecule has 4 N–H and O–H groups in total. The van der Waals surface area contributed by atoms with Crippen molar-refractivity contribution >= 4 is 22.9 Å². The Morgan fingerprint density at radius 3 is 1.33 bits per heavy atom. The number of hydrogen-bond acceptors (Lipinski definition) is 8. The van der Waals surface area contributed by atoms with Gasteiger partial charge >= 0.3 is 0 Å². The molecule has 0 saturated carbocycles. The van der Waals surface area contributed by atoms with E-state index in [1.54, 1.807) is 12.1 Å². The Morgan fingerprint density at radius 1 is 0.611 bits per heavy atom. The number of anilines is 2. The number of nitrogens with zero attached hydrogens (tertiary/aromatic N) is 2. The van der Waals surface area contributed by atoms with Gasteiger partial charge in [-0.05, 0) is 88.0 Å². The van der Waals surface area contributed by atoms with Crippen LogP contribution in [0.25, 0.3) is 0 Å². The quantitative estimate of drug-likeness (QED) is 0.416. The molecule has 0 radical (unpaired) electrons. The largest absolute Gasteiger partial charge is 0.507 e. The number of fused-ring (bicyclic) bond motifs is 8. The topological polar surface area (TPSA) is 105 Å². The average molecular weight is 489 g/mol. The Kier molecular flexibility index (Phi) is 5.05. The molecule has 6 aliphatic heterocycles. The molecular weight excluding hydrogens is 456 g/mol. The van der Waals surface area contributed by atoms with Crippen LogP contribution in [0.4, 0.5) is 11.4 Å². The number of nitrogens with one attached hydrogen (secondary N) is 2. The van der Waals surface area contributed by atoms with Crippen LogP contribution >= 0.6 is 0 Å². The van der Waals surface area contributed by atoms with Crippen LogP contribution < -0.4 is 10.6 Å². The molecule has 6 heterocycles. The Bertz CT molecular complexity index is 1160. The molecule has 0 amide bonds. The van der Waals surface area contributed by atoms with E-state index in [1.165, 1.54) is 12.1 Å². The summed E-state index contributed by atoms with van der Waals surface area (Å²) in [4.78, 5) is 32.7. The van der Waals surface area contributed by atoms with Crippen LogP contribution in [0.5, 0.6) is 11.5 Å². The molecule has 4 bridgehead atoms. The molecule has 7 aliphatic rings. The Balaban J connectivity index is 1.27. The maximum atomic E-state index is 13.9. The summed E-state index contributed by atoms with van der Waals surface area (Å²) in [6, 6.07) is 6.75. The minimum absolute atomic E-state index is 0.0290. The summed E-state index contributed by atoms with van der Waals surface area (Å²) >= 11 is 0.